The number of nitrogens with two attached hydrogens (primary N) is 1. The average Bonchev–Trinajstić information content (AvgIpc) is 3.41. The van der Waals surface area contributed by atoms with Gasteiger partial charge in [0.05, 0.1) is 6.10 Å². The first-order valence-corrected chi connectivity index (χ1v) is 11.5. The van der Waals surface area contributed by atoms with Crippen molar-refractivity contribution in [3.63, 3.8) is 0 Å². The molecular formula is C17H19N5O7S2. The molecule has 14 heteroatoms. The number of thiazole rings is 1. The summed E-state index contributed by atoms with van der Waals surface area (Å²) in [5.74, 6) is -2.80. The lowest BCUT2D eigenvalue weighted by Crippen LogP contribution is -2.75. The number of aliphatic carboxylic acids is 1. The molecule has 0 aliphatic carbocycles. The molecule has 0 bridgehead atoms. The van der Waals surface area contributed by atoms with Crippen LogP contribution in [0, 0.1) is 0 Å². The second-order valence-corrected chi connectivity index (χ2v) is 9.37. The summed E-state index contributed by atoms with van der Waals surface area (Å²) < 4.78 is 18.5. The first-order chi connectivity index (χ1) is 14.8. The van der Waals surface area contributed by atoms with Crippen LogP contribution in [-0.2, 0) is 35.1 Å². The van der Waals surface area contributed by atoms with Crippen LogP contribution in [0.5, 0.6) is 0 Å². The lowest BCUT2D eigenvalue weighted by molar-refractivity contribution is -0.150. The molecule has 2 amide bonds. The van der Waals surface area contributed by atoms with Crippen molar-refractivity contribution in [3.05, 3.63) is 22.3 Å². The van der Waals surface area contributed by atoms with Crippen LogP contribution in [0.3, 0.4) is 0 Å². The number of nitrogen functional groups attached to an aromatic ring is 1. The van der Waals surface area contributed by atoms with Gasteiger partial charge in [-0.2, -0.15) is 0 Å². The van der Waals surface area contributed by atoms with Crippen LogP contribution in [0.15, 0.2) is 21.8 Å². The summed E-state index contributed by atoms with van der Waals surface area (Å²) in [5, 5.41) is 16.6. The fraction of sp³-hybridized carbons (Fsp3) is 0.471. The quantitative estimate of drug-likeness (QED) is 0.204. The Morgan fingerprint density at radius 1 is 1.55 bits per heavy atom. The Bertz CT molecular complexity index is 987. The normalized spacial score (nSPS) is 28.3. The number of nitrogens with one attached hydrogen (secondary N) is 1. The minimum Gasteiger partial charge on any atom is -0.614 e. The molecule has 2 saturated heterocycles. The number of aromatic nitrogens is 1. The van der Waals surface area contributed by atoms with E-state index < -0.39 is 46.5 Å². The Morgan fingerprint density at radius 3 is 2.90 bits per heavy atom. The number of amides is 2. The number of carbonyl (C=O) groups is 3. The van der Waals surface area contributed by atoms with Gasteiger partial charge in [0.2, 0.25) is 5.37 Å². The molecule has 0 unspecified atom stereocenters. The lowest BCUT2D eigenvalue weighted by Gasteiger charge is -2.49. The number of anilines is 1. The van der Waals surface area contributed by atoms with Crippen molar-refractivity contribution in [3.8, 4) is 0 Å². The van der Waals surface area contributed by atoms with E-state index in [0.717, 1.165) is 22.7 Å². The number of nitrogens with zero attached hydrogens (tertiary/aromatic N) is 3. The van der Waals surface area contributed by atoms with E-state index in [1.165, 1.54) is 12.5 Å². The molecule has 1 aromatic rings. The molecule has 3 aliphatic rings. The smallest absolute Gasteiger partial charge is 0.353 e. The van der Waals surface area contributed by atoms with Crippen LogP contribution in [0.2, 0.25) is 0 Å². The Kier molecular flexibility index (Phi) is 5.88. The fourth-order valence-corrected chi connectivity index (χ4v) is 6.09. The Balaban J connectivity index is 1.58. The number of carbonyl (C=O) groups excluding carboxylic acids is 2. The van der Waals surface area contributed by atoms with E-state index in [1.54, 1.807) is 0 Å². The third-order valence-electron chi connectivity index (χ3n) is 5.13. The van der Waals surface area contributed by atoms with E-state index in [4.69, 9.17) is 15.3 Å². The van der Waals surface area contributed by atoms with Gasteiger partial charge in [0, 0.05) is 17.6 Å². The van der Waals surface area contributed by atoms with Crippen molar-refractivity contribution in [1.82, 2.24) is 15.2 Å². The maximum Gasteiger partial charge on any atom is 0.353 e. The van der Waals surface area contributed by atoms with Gasteiger partial charge in [-0.1, -0.05) is 5.16 Å². The zero-order valence-electron chi connectivity index (χ0n) is 16.3. The molecule has 0 radical (unpaired) electrons. The zero-order valence-corrected chi connectivity index (χ0v) is 17.9. The lowest BCUT2D eigenvalue weighted by atomic mass is 9.99. The Morgan fingerprint density at radius 2 is 2.32 bits per heavy atom. The summed E-state index contributed by atoms with van der Waals surface area (Å²) in [6, 6.07) is -1.17. The highest BCUT2D eigenvalue weighted by atomic mass is 32.2. The van der Waals surface area contributed by atoms with Crippen LogP contribution in [-0.4, -0.2) is 80.0 Å². The standard InChI is InChI=1S/C17H19N5O7S2/c1-28-21-10(8-5-30-17(18)19-8)13(23)20-11-14(24)22-12(16(25)26)7(6-31(27)15(11)22)9-3-2-4-29-9/h5,9,11,15H,2-4,6H2,1H3,(H2,18,19)(H,20,23)(H,25,26)/b21-10-/t9-,11+,15+,31-/m0/s1. The molecule has 0 spiro atoms. The fourth-order valence-electron chi connectivity index (χ4n) is 3.81. The van der Waals surface area contributed by atoms with Crippen LogP contribution in [0.1, 0.15) is 18.5 Å². The van der Waals surface area contributed by atoms with Gasteiger partial charge in [-0.3, -0.25) is 14.5 Å². The van der Waals surface area contributed by atoms with E-state index in [9.17, 15) is 24.0 Å². The van der Waals surface area contributed by atoms with E-state index in [0.29, 0.717) is 18.6 Å². The van der Waals surface area contributed by atoms with Crippen LogP contribution in [0.4, 0.5) is 5.13 Å². The number of carboxylic acids is 1. The van der Waals surface area contributed by atoms with Crippen molar-refractivity contribution < 1.29 is 33.6 Å². The van der Waals surface area contributed by atoms with Crippen molar-refractivity contribution in [2.75, 3.05) is 25.2 Å². The summed E-state index contributed by atoms with van der Waals surface area (Å²) in [6.45, 7) is 0.479. The molecule has 4 rings (SSSR count). The summed E-state index contributed by atoms with van der Waals surface area (Å²) in [4.78, 5) is 47.1. The van der Waals surface area contributed by atoms with Crippen molar-refractivity contribution in [2.24, 2.45) is 5.16 Å². The minimum absolute atomic E-state index is 0.0469. The van der Waals surface area contributed by atoms with Crippen LogP contribution < -0.4 is 11.1 Å². The maximum atomic E-state index is 12.9. The monoisotopic (exact) mass is 469 g/mol. The van der Waals surface area contributed by atoms with Gasteiger partial charge in [0.25, 0.3) is 11.8 Å². The molecule has 0 saturated carbocycles. The topological polar surface area (TPSA) is 180 Å². The third-order valence-corrected chi connectivity index (χ3v) is 7.42. The highest BCUT2D eigenvalue weighted by Crippen LogP contribution is 2.39. The van der Waals surface area contributed by atoms with Crippen molar-refractivity contribution >= 4 is 51.1 Å². The molecule has 4 atom stereocenters. The van der Waals surface area contributed by atoms with Crippen LogP contribution >= 0.6 is 11.3 Å². The van der Waals surface area contributed by atoms with Gasteiger partial charge >= 0.3 is 5.97 Å². The number of hydrogen-bond acceptors (Lipinski definition) is 10. The number of hydrogen-bond donors (Lipinski definition) is 3. The second-order valence-electron chi connectivity index (χ2n) is 6.95. The zero-order chi connectivity index (χ0) is 22.3. The predicted molar refractivity (Wildman–Crippen MR) is 109 cm³/mol. The molecule has 0 aromatic carbocycles. The van der Waals surface area contributed by atoms with Gasteiger partial charge in [-0.05, 0) is 24.0 Å². The van der Waals surface area contributed by atoms with E-state index >= 15 is 0 Å². The Hall–Kier alpha value is -2.68. The van der Waals surface area contributed by atoms with Crippen LogP contribution in [0.25, 0.3) is 0 Å². The van der Waals surface area contributed by atoms with Gasteiger partial charge < -0.3 is 30.3 Å². The predicted octanol–water partition coefficient (Wildman–Crippen LogP) is -0.991. The van der Waals surface area contributed by atoms with E-state index in [1.807, 2.05) is 0 Å². The van der Waals surface area contributed by atoms with E-state index in [-0.39, 0.29) is 28.0 Å². The van der Waals surface area contributed by atoms with Crippen molar-refractivity contribution in [2.45, 2.75) is 30.4 Å². The highest BCUT2D eigenvalue weighted by Gasteiger charge is 2.61. The molecule has 3 aliphatic heterocycles. The van der Waals surface area contributed by atoms with Gasteiger partial charge in [0.1, 0.15) is 24.3 Å². The average molecular weight is 470 g/mol. The summed E-state index contributed by atoms with van der Waals surface area (Å²) in [5.41, 5.74) is 5.67. The number of β-lactam (4-membered cyclic amide) rings is 1. The molecule has 4 N–H and O–H groups in total. The summed E-state index contributed by atoms with van der Waals surface area (Å²) >= 11 is -0.539. The first-order valence-electron chi connectivity index (χ1n) is 9.25. The molecule has 12 nitrogen and oxygen atoms in total. The maximum absolute atomic E-state index is 12.9. The molecule has 1 aromatic heterocycles. The molecule has 4 heterocycles. The number of ether oxygens (including phenoxy) is 1. The second kappa shape index (κ2) is 8.45. The largest absolute Gasteiger partial charge is 0.614 e. The molecule has 2 fully saturated rings. The van der Waals surface area contributed by atoms with Gasteiger partial charge in [-0.25, -0.2) is 9.78 Å². The number of rotatable bonds is 6. The summed E-state index contributed by atoms with van der Waals surface area (Å²) in [6.07, 6.45) is 0.879. The van der Waals surface area contributed by atoms with E-state index in [2.05, 4.69) is 15.5 Å². The minimum atomic E-state index is -1.63. The van der Waals surface area contributed by atoms with Gasteiger partial charge in [-0.15, -0.1) is 11.3 Å². The number of carboxylic acid groups (broad SMARTS) is 1. The molecule has 31 heavy (non-hydrogen) atoms. The van der Waals surface area contributed by atoms with Gasteiger partial charge in [0.15, 0.2) is 16.9 Å². The molecule has 166 valence electrons. The Labute approximate surface area is 183 Å². The molecular weight excluding hydrogens is 450 g/mol. The number of oxime groups is 1. The third kappa shape index (κ3) is 3.75. The first kappa shape index (κ1) is 21.5. The SMILES string of the molecule is CO/N=C(\C(=O)N[C@@H]1C(=O)N2C(C(=O)O)=C([C@@H]3CCCO3)C[S@+]([O-])[C@H]12)c1csc(N)n1. The number of fused-ring (bicyclic) bond motifs is 1. The summed E-state index contributed by atoms with van der Waals surface area (Å²) in [7, 11) is 1.24. The van der Waals surface area contributed by atoms with Crippen molar-refractivity contribution in [1.29, 1.82) is 0 Å². The highest BCUT2D eigenvalue weighted by molar-refractivity contribution is 7.92.